The van der Waals surface area contributed by atoms with E-state index >= 15 is 0 Å². The SMILES string of the molecule is CC(NS(=O)(=O)C(F)(F)F)c1ccc2ccccc2c1. The van der Waals surface area contributed by atoms with Crippen molar-refractivity contribution in [2.24, 2.45) is 0 Å². The van der Waals surface area contributed by atoms with Crippen molar-refractivity contribution in [2.45, 2.75) is 18.5 Å². The number of fused-ring (bicyclic) bond motifs is 1. The third-order valence-corrected chi connectivity index (χ3v) is 4.18. The molecule has 1 N–H and O–H groups in total. The van der Waals surface area contributed by atoms with Crippen LogP contribution in [-0.4, -0.2) is 13.9 Å². The van der Waals surface area contributed by atoms with Gasteiger partial charge in [-0.15, -0.1) is 0 Å². The van der Waals surface area contributed by atoms with Crippen LogP contribution in [0.5, 0.6) is 0 Å². The van der Waals surface area contributed by atoms with Crippen molar-refractivity contribution < 1.29 is 21.6 Å². The van der Waals surface area contributed by atoms with Crippen LogP contribution in [-0.2, 0) is 10.0 Å². The van der Waals surface area contributed by atoms with E-state index < -0.39 is 21.6 Å². The van der Waals surface area contributed by atoms with Gasteiger partial charge >= 0.3 is 15.5 Å². The molecule has 3 nitrogen and oxygen atoms in total. The maximum absolute atomic E-state index is 12.3. The number of hydrogen-bond acceptors (Lipinski definition) is 2. The van der Waals surface area contributed by atoms with E-state index in [1.54, 1.807) is 29.0 Å². The van der Waals surface area contributed by atoms with E-state index in [4.69, 9.17) is 0 Å². The lowest BCUT2D eigenvalue weighted by atomic mass is 10.0. The monoisotopic (exact) mass is 303 g/mol. The van der Waals surface area contributed by atoms with Crippen molar-refractivity contribution in [3.8, 4) is 0 Å². The number of rotatable bonds is 3. The fraction of sp³-hybridized carbons (Fsp3) is 0.231. The molecule has 2 aromatic carbocycles. The summed E-state index contributed by atoms with van der Waals surface area (Å²) in [6, 6.07) is 11.4. The summed E-state index contributed by atoms with van der Waals surface area (Å²) < 4.78 is 60.7. The smallest absolute Gasteiger partial charge is 0.203 e. The summed E-state index contributed by atoms with van der Waals surface area (Å²) >= 11 is 0. The van der Waals surface area contributed by atoms with E-state index in [1.165, 1.54) is 6.92 Å². The third-order valence-electron chi connectivity index (χ3n) is 2.91. The number of hydrogen-bond donors (Lipinski definition) is 1. The average Bonchev–Trinajstić information content (AvgIpc) is 2.36. The molecule has 0 aliphatic heterocycles. The Kier molecular flexibility index (Phi) is 3.75. The molecule has 0 spiro atoms. The minimum absolute atomic E-state index is 0.469. The second kappa shape index (κ2) is 5.06. The highest BCUT2D eigenvalue weighted by Crippen LogP contribution is 2.26. The van der Waals surface area contributed by atoms with Crippen LogP contribution in [0.3, 0.4) is 0 Å². The molecule has 0 radical (unpaired) electrons. The van der Waals surface area contributed by atoms with Gasteiger partial charge in [-0.05, 0) is 29.3 Å². The Bertz CT molecular complexity index is 726. The third kappa shape index (κ3) is 2.94. The highest BCUT2D eigenvalue weighted by Gasteiger charge is 2.46. The predicted molar refractivity (Wildman–Crippen MR) is 70.5 cm³/mol. The van der Waals surface area contributed by atoms with Crippen molar-refractivity contribution in [3.05, 3.63) is 48.0 Å². The van der Waals surface area contributed by atoms with Crippen LogP contribution in [0.25, 0.3) is 10.8 Å². The lowest BCUT2D eigenvalue weighted by molar-refractivity contribution is -0.0450. The zero-order chi connectivity index (χ0) is 15.0. The maximum atomic E-state index is 12.3. The van der Waals surface area contributed by atoms with Crippen molar-refractivity contribution in [1.82, 2.24) is 4.72 Å². The van der Waals surface area contributed by atoms with Gasteiger partial charge in [-0.3, -0.25) is 0 Å². The first-order chi connectivity index (χ1) is 9.21. The molecule has 0 heterocycles. The van der Waals surface area contributed by atoms with Crippen LogP contribution in [0.4, 0.5) is 13.2 Å². The number of sulfonamides is 1. The van der Waals surface area contributed by atoms with E-state index in [1.807, 2.05) is 18.2 Å². The molecular formula is C13H12F3NO2S. The Labute approximate surface area is 114 Å². The van der Waals surface area contributed by atoms with Crippen LogP contribution in [0.1, 0.15) is 18.5 Å². The molecule has 0 aliphatic rings. The number of benzene rings is 2. The molecule has 1 unspecified atom stereocenters. The molecule has 0 fully saturated rings. The molecule has 0 aromatic heterocycles. The lowest BCUT2D eigenvalue weighted by Crippen LogP contribution is -2.37. The van der Waals surface area contributed by atoms with E-state index in [2.05, 4.69) is 0 Å². The first kappa shape index (κ1) is 14.8. The molecule has 2 rings (SSSR count). The van der Waals surface area contributed by atoms with Gasteiger partial charge in [-0.2, -0.15) is 13.2 Å². The number of nitrogens with one attached hydrogen (secondary N) is 1. The van der Waals surface area contributed by atoms with Gasteiger partial charge in [-0.1, -0.05) is 36.4 Å². The fourth-order valence-corrected chi connectivity index (χ4v) is 2.58. The average molecular weight is 303 g/mol. The number of halogens is 3. The van der Waals surface area contributed by atoms with Crippen molar-refractivity contribution in [1.29, 1.82) is 0 Å². The minimum Gasteiger partial charge on any atom is -0.203 e. The fourth-order valence-electron chi connectivity index (χ4n) is 1.84. The Morgan fingerprint density at radius 2 is 1.65 bits per heavy atom. The Morgan fingerprint density at radius 1 is 1.05 bits per heavy atom. The largest absolute Gasteiger partial charge is 0.511 e. The van der Waals surface area contributed by atoms with Gasteiger partial charge < -0.3 is 0 Å². The van der Waals surface area contributed by atoms with Crippen LogP contribution in [0.15, 0.2) is 42.5 Å². The highest BCUT2D eigenvalue weighted by molar-refractivity contribution is 7.90. The standard InChI is InChI=1S/C13H12F3NO2S/c1-9(17-20(18,19)13(14,15)16)11-7-6-10-4-2-3-5-12(10)8-11/h2-9,17H,1H3. The Balaban J connectivity index is 2.30. The van der Waals surface area contributed by atoms with E-state index in [0.29, 0.717) is 5.56 Å². The second-order valence-corrected chi connectivity index (χ2v) is 6.10. The molecule has 20 heavy (non-hydrogen) atoms. The zero-order valence-corrected chi connectivity index (χ0v) is 11.3. The molecule has 0 saturated heterocycles. The minimum atomic E-state index is -5.35. The molecule has 7 heteroatoms. The van der Waals surface area contributed by atoms with Gasteiger partial charge in [0.25, 0.3) is 0 Å². The predicted octanol–water partition coefficient (Wildman–Crippen LogP) is 3.34. The number of alkyl halides is 3. The zero-order valence-electron chi connectivity index (χ0n) is 10.5. The molecular weight excluding hydrogens is 291 g/mol. The van der Waals surface area contributed by atoms with Gasteiger partial charge in [0.15, 0.2) is 0 Å². The molecule has 0 amide bonds. The summed E-state index contributed by atoms with van der Waals surface area (Å²) in [6.45, 7) is 1.37. The summed E-state index contributed by atoms with van der Waals surface area (Å²) in [7, 11) is -5.35. The normalized spacial score (nSPS) is 14.4. The van der Waals surface area contributed by atoms with Gasteiger partial charge in [0.1, 0.15) is 0 Å². The summed E-state index contributed by atoms with van der Waals surface area (Å²) in [6.07, 6.45) is 0. The van der Waals surface area contributed by atoms with Gasteiger partial charge in [0.05, 0.1) is 0 Å². The van der Waals surface area contributed by atoms with Crippen LogP contribution in [0.2, 0.25) is 0 Å². The van der Waals surface area contributed by atoms with Crippen molar-refractivity contribution in [3.63, 3.8) is 0 Å². The summed E-state index contributed by atoms with van der Waals surface area (Å²) in [5.74, 6) is 0. The van der Waals surface area contributed by atoms with Gasteiger partial charge in [-0.25, -0.2) is 13.1 Å². The summed E-state index contributed by atoms with van der Waals surface area (Å²) in [5.41, 5.74) is -4.84. The van der Waals surface area contributed by atoms with Crippen molar-refractivity contribution in [2.75, 3.05) is 0 Å². The van der Waals surface area contributed by atoms with Gasteiger partial charge in [0.2, 0.25) is 0 Å². The van der Waals surface area contributed by atoms with Crippen molar-refractivity contribution >= 4 is 20.8 Å². The summed E-state index contributed by atoms with van der Waals surface area (Å²) in [5, 5.41) is 1.77. The Hall–Kier alpha value is -1.60. The second-order valence-electron chi connectivity index (χ2n) is 4.40. The molecule has 0 aliphatic carbocycles. The first-order valence-corrected chi connectivity index (χ1v) is 7.26. The van der Waals surface area contributed by atoms with Crippen LogP contribution >= 0.6 is 0 Å². The van der Waals surface area contributed by atoms with E-state index in [-0.39, 0.29) is 0 Å². The quantitative estimate of drug-likeness (QED) is 0.945. The molecule has 1 atom stereocenters. The molecule has 2 aromatic rings. The molecule has 0 saturated carbocycles. The van der Waals surface area contributed by atoms with Gasteiger partial charge in [0, 0.05) is 6.04 Å². The van der Waals surface area contributed by atoms with Crippen LogP contribution < -0.4 is 4.72 Å². The maximum Gasteiger partial charge on any atom is 0.511 e. The molecule has 108 valence electrons. The first-order valence-electron chi connectivity index (χ1n) is 5.78. The Morgan fingerprint density at radius 3 is 2.25 bits per heavy atom. The van der Waals surface area contributed by atoms with Crippen LogP contribution in [0, 0.1) is 0 Å². The molecule has 0 bridgehead atoms. The lowest BCUT2D eigenvalue weighted by Gasteiger charge is -2.16. The highest BCUT2D eigenvalue weighted by atomic mass is 32.2. The summed E-state index contributed by atoms with van der Waals surface area (Å²) in [4.78, 5) is 0. The van der Waals surface area contributed by atoms with E-state index in [0.717, 1.165) is 10.8 Å². The topological polar surface area (TPSA) is 46.2 Å². The van der Waals surface area contributed by atoms with E-state index in [9.17, 15) is 21.6 Å².